The highest BCUT2D eigenvalue weighted by atomic mass is 16.5. The van der Waals surface area contributed by atoms with Gasteiger partial charge in [0.1, 0.15) is 23.0 Å². The van der Waals surface area contributed by atoms with Gasteiger partial charge >= 0.3 is 18.0 Å². The second kappa shape index (κ2) is 19.8. The van der Waals surface area contributed by atoms with Crippen LogP contribution in [0.3, 0.4) is 0 Å². The molecule has 0 fully saturated rings. The lowest BCUT2D eigenvalue weighted by molar-refractivity contribution is -0.117. The number of aromatic nitrogens is 7. The highest BCUT2D eigenvalue weighted by molar-refractivity contribution is 5.89. The van der Waals surface area contributed by atoms with E-state index >= 15 is 0 Å². The standard InChI is InChI=1S/C19H15N3O.C19H14N2O2.C18H13N3O/c1-13-9-15-10-14(7-8-18(15)22-13)16-11-20-19(21-12-16)23-17-5-3-2-4-6-17;22-17-9-14-7-6-13(8-15(14)10-17)16-11-20-19(21-12-16)23-18-4-2-1-3-5-18;1-2-4-16(5-3-1)22-18-20-11-15(12-21-18)13-6-7-17-14(10-13)8-9-19-17/h2-8,10-12,22H,1,9H2;1-8,11-12H,9-10H2;1-12,19H. The molecule has 12 nitrogen and oxygen atoms in total. The van der Waals surface area contributed by atoms with Crippen molar-refractivity contribution in [2.45, 2.75) is 19.3 Å². The number of hydrogen-bond acceptors (Lipinski definition) is 11. The van der Waals surface area contributed by atoms with Crippen molar-refractivity contribution in [1.29, 1.82) is 0 Å². The zero-order chi connectivity index (χ0) is 46.1. The molecule has 12 heteroatoms. The van der Waals surface area contributed by atoms with Crippen LogP contribution in [0, 0.1) is 0 Å². The Morgan fingerprint density at radius 2 is 0.868 bits per heavy atom. The summed E-state index contributed by atoms with van der Waals surface area (Å²) in [6.07, 6.45) is 14.5. The summed E-state index contributed by atoms with van der Waals surface area (Å²) in [7, 11) is 0. The van der Waals surface area contributed by atoms with E-state index < -0.39 is 0 Å². The van der Waals surface area contributed by atoms with Gasteiger partial charge in [-0.3, -0.25) is 4.79 Å². The number of nitrogens with zero attached hydrogens (tertiary/aromatic N) is 6. The lowest BCUT2D eigenvalue weighted by Crippen LogP contribution is -1.93. The molecule has 5 heterocycles. The molecule has 6 aromatic carbocycles. The molecule has 0 bridgehead atoms. The van der Waals surface area contributed by atoms with Crippen LogP contribution in [0.5, 0.6) is 35.3 Å². The van der Waals surface area contributed by atoms with Crippen molar-refractivity contribution in [2.24, 2.45) is 0 Å². The maximum absolute atomic E-state index is 11.5. The van der Waals surface area contributed by atoms with Gasteiger partial charge in [-0.1, -0.05) is 91.5 Å². The van der Waals surface area contributed by atoms with E-state index in [1.54, 1.807) is 37.2 Å². The molecular weight excluding hydrogens is 849 g/mol. The van der Waals surface area contributed by atoms with Crippen molar-refractivity contribution in [1.82, 2.24) is 34.9 Å². The number of nitrogens with one attached hydrogen (secondary N) is 2. The molecule has 0 unspecified atom stereocenters. The molecule has 4 aromatic heterocycles. The number of rotatable bonds is 9. The number of aromatic amines is 1. The van der Waals surface area contributed by atoms with E-state index in [9.17, 15) is 4.79 Å². The molecule has 330 valence electrons. The van der Waals surface area contributed by atoms with Gasteiger partial charge in [0.15, 0.2) is 0 Å². The van der Waals surface area contributed by atoms with Crippen molar-refractivity contribution in [3.63, 3.8) is 0 Å². The topological polar surface area (TPSA) is 150 Å². The average molecular weight is 891 g/mol. The summed E-state index contributed by atoms with van der Waals surface area (Å²) in [5.74, 6) is 2.43. The number of ether oxygens (including phenoxy) is 3. The largest absolute Gasteiger partial charge is 0.424 e. The van der Waals surface area contributed by atoms with Gasteiger partial charge in [0.05, 0.1) is 0 Å². The van der Waals surface area contributed by atoms with E-state index in [4.69, 9.17) is 14.2 Å². The normalized spacial score (nSPS) is 12.1. The minimum atomic E-state index is 0.278. The number of benzene rings is 6. The summed E-state index contributed by atoms with van der Waals surface area (Å²) in [5, 5.41) is 4.44. The van der Waals surface area contributed by atoms with Crippen molar-refractivity contribution in [2.75, 3.05) is 5.32 Å². The zero-order valence-corrected chi connectivity index (χ0v) is 36.6. The molecule has 68 heavy (non-hydrogen) atoms. The summed E-state index contributed by atoms with van der Waals surface area (Å²) < 4.78 is 16.8. The Kier molecular flexibility index (Phi) is 12.4. The first kappa shape index (κ1) is 42.6. The Balaban J connectivity index is 0.000000119. The molecule has 0 saturated carbocycles. The van der Waals surface area contributed by atoms with Crippen LogP contribution in [0.15, 0.2) is 207 Å². The molecule has 0 saturated heterocycles. The molecule has 0 amide bonds. The third kappa shape index (κ3) is 10.5. The maximum atomic E-state index is 11.5. The first-order chi connectivity index (χ1) is 33.4. The van der Waals surface area contributed by atoms with Gasteiger partial charge in [0, 0.05) is 96.2 Å². The highest BCUT2D eigenvalue weighted by Gasteiger charge is 2.19. The van der Waals surface area contributed by atoms with Gasteiger partial charge in [0.25, 0.3) is 0 Å². The molecule has 1 aliphatic carbocycles. The summed E-state index contributed by atoms with van der Waals surface area (Å²) in [6, 6.07) is 50.1. The monoisotopic (exact) mass is 890 g/mol. The van der Waals surface area contributed by atoms with Crippen LogP contribution < -0.4 is 19.5 Å². The SMILES string of the molecule is C=C1Cc2cc(-c3cnc(Oc4ccccc4)nc3)ccc2N1.O=C1Cc2ccc(-c3cnc(Oc4ccccc4)nc3)cc2C1.c1ccc(Oc2ncc(-c3ccc4[nH]ccc4c3)cn2)cc1. The second-order valence-electron chi connectivity index (χ2n) is 15.9. The smallest absolute Gasteiger partial charge is 0.321 e. The summed E-state index contributed by atoms with van der Waals surface area (Å²) >= 11 is 0. The number of para-hydroxylation sites is 3. The van der Waals surface area contributed by atoms with E-state index in [1.807, 2.05) is 115 Å². The van der Waals surface area contributed by atoms with Gasteiger partial charge in [-0.05, 0) is 105 Å². The molecular formula is C56H42N8O4. The number of allylic oxidation sites excluding steroid dienone is 1. The fourth-order valence-electron chi connectivity index (χ4n) is 7.70. The Morgan fingerprint density at radius 1 is 0.426 bits per heavy atom. The van der Waals surface area contributed by atoms with Crippen LogP contribution in [0.1, 0.15) is 16.7 Å². The molecule has 0 radical (unpaired) electrons. The van der Waals surface area contributed by atoms with Crippen LogP contribution in [0.4, 0.5) is 5.69 Å². The number of Topliss-reactive ketones (excluding diaryl/α,β-unsaturated/α-hetero) is 1. The fourth-order valence-corrected chi connectivity index (χ4v) is 7.70. The lowest BCUT2D eigenvalue weighted by Gasteiger charge is -2.06. The van der Waals surface area contributed by atoms with Crippen LogP contribution in [-0.4, -0.2) is 40.7 Å². The summed E-state index contributed by atoms with van der Waals surface area (Å²) in [4.78, 5) is 40.4. The van der Waals surface area contributed by atoms with Crippen molar-refractivity contribution < 1.29 is 19.0 Å². The zero-order valence-electron chi connectivity index (χ0n) is 36.6. The molecule has 2 aliphatic rings. The Bertz CT molecular complexity index is 3180. The van der Waals surface area contributed by atoms with Crippen molar-refractivity contribution in [3.05, 3.63) is 224 Å². The molecule has 0 atom stereocenters. The van der Waals surface area contributed by atoms with E-state index in [2.05, 4.69) is 89.2 Å². The van der Waals surface area contributed by atoms with Gasteiger partial charge in [0.2, 0.25) is 0 Å². The van der Waals surface area contributed by atoms with Crippen LogP contribution in [0.25, 0.3) is 44.3 Å². The minimum absolute atomic E-state index is 0.278. The Hall–Kier alpha value is -9.29. The Labute approximate surface area is 392 Å². The van der Waals surface area contributed by atoms with Crippen molar-refractivity contribution in [3.8, 4) is 68.7 Å². The van der Waals surface area contributed by atoms with E-state index in [1.165, 1.54) is 10.9 Å². The van der Waals surface area contributed by atoms with E-state index in [0.29, 0.717) is 36.6 Å². The number of hydrogen-bond donors (Lipinski definition) is 2. The predicted molar refractivity (Wildman–Crippen MR) is 263 cm³/mol. The molecule has 10 aromatic rings. The number of ketones is 1. The highest BCUT2D eigenvalue weighted by Crippen LogP contribution is 2.32. The number of fused-ring (bicyclic) bond motifs is 3. The number of anilines is 1. The van der Waals surface area contributed by atoms with Gasteiger partial charge < -0.3 is 24.5 Å². The van der Waals surface area contributed by atoms with Crippen LogP contribution >= 0.6 is 0 Å². The summed E-state index contributed by atoms with van der Waals surface area (Å²) in [5.41, 5.74) is 12.8. The first-order valence-corrected chi connectivity index (χ1v) is 21.9. The quantitative estimate of drug-likeness (QED) is 0.143. The number of carbonyl (C=O) groups excluding carboxylic acids is 1. The lowest BCUT2D eigenvalue weighted by atomic mass is 10.0. The maximum Gasteiger partial charge on any atom is 0.321 e. The van der Waals surface area contributed by atoms with Crippen LogP contribution in [-0.2, 0) is 24.1 Å². The number of carbonyl (C=O) groups is 1. The second-order valence-corrected chi connectivity index (χ2v) is 15.9. The predicted octanol–water partition coefficient (Wildman–Crippen LogP) is 12.4. The van der Waals surface area contributed by atoms with Gasteiger partial charge in [-0.2, -0.15) is 0 Å². The Morgan fingerprint density at radius 3 is 1.38 bits per heavy atom. The third-order valence-corrected chi connectivity index (χ3v) is 11.1. The summed E-state index contributed by atoms with van der Waals surface area (Å²) in [6.45, 7) is 3.97. The third-order valence-electron chi connectivity index (χ3n) is 11.1. The van der Waals surface area contributed by atoms with Crippen molar-refractivity contribution >= 4 is 22.4 Å². The molecule has 1 aliphatic heterocycles. The van der Waals surface area contributed by atoms with Gasteiger partial charge in [-0.25, -0.2) is 29.9 Å². The molecule has 12 rings (SSSR count). The van der Waals surface area contributed by atoms with Crippen LogP contribution in [0.2, 0.25) is 0 Å². The minimum Gasteiger partial charge on any atom is -0.424 e. The van der Waals surface area contributed by atoms with E-state index in [-0.39, 0.29) is 5.78 Å². The first-order valence-electron chi connectivity index (χ1n) is 21.9. The average Bonchev–Trinajstić information content (AvgIpc) is 4.12. The fraction of sp³-hybridized carbons (Fsp3) is 0.0536. The van der Waals surface area contributed by atoms with E-state index in [0.717, 1.165) is 79.3 Å². The van der Waals surface area contributed by atoms with Gasteiger partial charge in [-0.15, -0.1) is 0 Å². The number of H-pyrrole nitrogens is 1. The molecule has 0 spiro atoms. The molecule has 2 N–H and O–H groups in total.